The fraction of sp³-hybridized carbons (Fsp3) is 0.714. The first-order valence-electron chi connectivity index (χ1n) is 10.2. The number of aliphatic hydroxyl groups is 1. The molecular formula is C21H30ClNO8. The van der Waals surface area contributed by atoms with Crippen LogP contribution >= 0.6 is 11.6 Å². The molecule has 2 heterocycles. The van der Waals surface area contributed by atoms with Crippen LogP contribution in [-0.4, -0.2) is 83.1 Å². The van der Waals surface area contributed by atoms with Gasteiger partial charge in [-0.25, -0.2) is 9.59 Å². The van der Waals surface area contributed by atoms with Crippen LogP contribution in [-0.2, 0) is 33.4 Å². The second-order valence-corrected chi connectivity index (χ2v) is 9.12. The zero-order valence-corrected chi connectivity index (χ0v) is 19.2. The van der Waals surface area contributed by atoms with Crippen molar-refractivity contribution >= 4 is 35.3 Å². The van der Waals surface area contributed by atoms with Gasteiger partial charge in [-0.1, -0.05) is 13.0 Å². The number of hydrogen-bond donors (Lipinski definition) is 1. The minimum Gasteiger partial charge on any atom is -0.458 e. The third kappa shape index (κ3) is 5.45. The second kappa shape index (κ2) is 9.67. The van der Waals surface area contributed by atoms with E-state index in [4.69, 9.17) is 25.8 Å². The van der Waals surface area contributed by atoms with Gasteiger partial charge in [-0.05, 0) is 27.3 Å². The predicted molar refractivity (Wildman–Crippen MR) is 110 cm³/mol. The highest BCUT2D eigenvalue weighted by molar-refractivity contribution is 6.23. The fourth-order valence-electron chi connectivity index (χ4n) is 3.61. The molecule has 2 unspecified atom stereocenters. The van der Waals surface area contributed by atoms with Gasteiger partial charge in [-0.3, -0.25) is 9.59 Å². The molecule has 31 heavy (non-hydrogen) atoms. The third-order valence-corrected chi connectivity index (χ3v) is 6.33. The van der Waals surface area contributed by atoms with Gasteiger partial charge in [0.2, 0.25) is 11.4 Å². The van der Waals surface area contributed by atoms with Gasteiger partial charge in [0.05, 0.1) is 5.38 Å². The topological polar surface area (TPSA) is 119 Å². The Kier molecular flexibility index (Phi) is 7.89. The molecule has 2 aliphatic rings. The number of ketones is 1. The lowest BCUT2D eigenvalue weighted by Gasteiger charge is -2.39. The Balaban J connectivity index is 2.56. The van der Waals surface area contributed by atoms with Gasteiger partial charge in [0.15, 0.2) is 11.7 Å². The molecule has 0 aromatic heterocycles. The first kappa shape index (κ1) is 25.3. The fourth-order valence-corrected chi connectivity index (χ4v) is 3.78. The van der Waals surface area contributed by atoms with E-state index in [1.807, 2.05) is 11.9 Å². The van der Waals surface area contributed by atoms with Gasteiger partial charge in [-0.2, -0.15) is 0 Å². The molecule has 0 spiro atoms. The number of ether oxygens (including phenoxy) is 3. The van der Waals surface area contributed by atoms with Gasteiger partial charge in [0.25, 0.3) is 0 Å². The van der Waals surface area contributed by atoms with Crippen molar-refractivity contribution < 1.29 is 38.5 Å². The van der Waals surface area contributed by atoms with E-state index in [0.29, 0.717) is 13.1 Å². The molecule has 0 radical (unpaired) electrons. The number of Topliss-reactive ketones (excluding diaryl/α,β-unsaturated/α-hetero) is 1. The van der Waals surface area contributed by atoms with E-state index >= 15 is 0 Å². The van der Waals surface area contributed by atoms with E-state index in [2.05, 4.69) is 0 Å². The SMILES string of the molecule is CC(=O)O[C@]1(C)C(=O)OC/C2=C/CN(C)CC[C@H](OC(=O)C(O)(C(C)Cl)C[C@@H]1C)C2=O. The van der Waals surface area contributed by atoms with Crippen LogP contribution in [0, 0.1) is 5.92 Å². The van der Waals surface area contributed by atoms with Crippen LogP contribution in [0.25, 0.3) is 0 Å². The first-order chi connectivity index (χ1) is 14.3. The van der Waals surface area contributed by atoms with E-state index in [1.165, 1.54) is 20.8 Å². The lowest BCUT2D eigenvalue weighted by molar-refractivity contribution is -0.192. The van der Waals surface area contributed by atoms with Crippen molar-refractivity contribution in [3.8, 4) is 0 Å². The molecular weight excluding hydrogens is 430 g/mol. The van der Waals surface area contributed by atoms with Crippen molar-refractivity contribution in [1.82, 2.24) is 4.90 Å². The van der Waals surface area contributed by atoms with Gasteiger partial charge >= 0.3 is 17.9 Å². The van der Waals surface area contributed by atoms with E-state index in [1.54, 1.807) is 6.08 Å². The summed E-state index contributed by atoms with van der Waals surface area (Å²) in [5, 5.41) is 10.0. The number of fused-ring (bicyclic) bond motifs is 2. The van der Waals surface area contributed by atoms with E-state index in [0.717, 1.165) is 6.92 Å². The molecule has 1 saturated heterocycles. The van der Waals surface area contributed by atoms with Crippen molar-refractivity contribution in [2.75, 3.05) is 26.7 Å². The minimum atomic E-state index is -2.24. The van der Waals surface area contributed by atoms with Crippen LogP contribution in [0.1, 0.15) is 40.5 Å². The predicted octanol–water partition coefficient (Wildman–Crippen LogP) is 0.992. The summed E-state index contributed by atoms with van der Waals surface area (Å²) in [6, 6.07) is 0. The molecule has 0 aromatic carbocycles. The van der Waals surface area contributed by atoms with Crippen LogP contribution in [0.3, 0.4) is 0 Å². The Bertz CT molecular complexity index is 781. The highest BCUT2D eigenvalue weighted by Gasteiger charge is 2.52. The number of esters is 3. The number of halogens is 1. The lowest BCUT2D eigenvalue weighted by Crippen LogP contribution is -2.56. The number of likely N-dealkylation sites (N-methyl/N-ethyl adjacent to an activating group) is 1. The Labute approximate surface area is 186 Å². The summed E-state index contributed by atoms with van der Waals surface area (Å²) in [5.41, 5.74) is -3.91. The maximum absolute atomic E-state index is 13.0. The van der Waals surface area contributed by atoms with Crippen LogP contribution in [0.2, 0.25) is 0 Å². The van der Waals surface area contributed by atoms with Crippen molar-refractivity contribution in [3.05, 3.63) is 11.6 Å². The molecule has 0 amide bonds. The Hall–Kier alpha value is -1.97. The Morgan fingerprint density at radius 2 is 2.00 bits per heavy atom. The maximum Gasteiger partial charge on any atom is 0.350 e. The summed E-state index contributed by atoms with van der Waals surface area (Å²) in [4.78, 5) is 52.6. The highest BCUT2D eigenvalue weighted by Crippen LogP contribution is 2.35. The molecule has 1 fully saturated rings. The van der Waals surface area contributed by atoms with Crippen LogP contribution in [0.5, 0.6) is 0 Å². The number of carbonyl (C=O) groups excluding carboxylic acids is 4. The summed E-state index contributed by atoms with van der Waals surface area (Å²) < 4.78 is 16.1. The summed E-state index contributed by atoms with van der Waals surface area (Å²) in [6.45, 7) is 5.95. The molecule has 2 aliphatic heterocycles. The van der Waals surface area contributed by atoms with Crippen LogP contribution in [0.4, 0.5) is 0 Å². The average molecular weight is 460 g/mol. The van der Waals surface area contributed by atoms with Crippen molar-refractivity contribution in [1.29, 1.82) is 0 Å². The summed E-state index contributed by atoms with van der Waals surface area (Å²) in [5.74, 6) is -4.09. The Morgan fingerprint density at radius 3 is 2.58 bits per heavy atom. The van der Waals surface area contributed by atoms with E-state index < -0.39 is 52.3 Å². The van der Waals surface area contributed by atoms with Crippen LogP contribution < -0.4 is 0 Å². The van der Waals surface area contributed by atoms with Gasteiger partial charge in [0.1, 0.15) is 6.61 Å². The summed E-state index contributed by atoms with van der Waals surface area (Å²) in [6.07, 6.45) is 0.292. The number of cyclic esters (lactones) is 1. The molecule has 174 valence electrons. The number of hydrogen-bond acceptors (Lipinski definition) is 9. The zero-order valence-electron chi connectivity index (χ0n) is 18.5. The molecule has 0 aliphatic carbocycles. The van der Waals surface area contributed by atoms with E-state index in [-0.39, 0.29) is 25.0 Å². The van der Waals surface area contributed by atoms with Gasteiger partial charge in [0, 0.05) is 37.9 Å². The monoisotopic (exact) mass is 459 g/mol. The van der Waals surface area contributed by atoms with Crippen molar-refractivity contribution in [3.63, 3.8) is 0 Å². The largest absolute Gasteiger partial charge is 0.458 e. The molecule has 2 rings (SSSR count). The smallest absolute Gasteiger partial charge is 0.350 e. The molecule has 0 aromatic rings. The lowest BCUT2D eigenvalue weighted by atomic mass is 9.79. The number of carbonyl (C=O) groups is 4. The second-order valence-electron chi connectivity index (χ2n) is 8.46. The summed E-state index contributed by atoms with van der Waals surface area (Å²) >= 11 is 6.16. The highest BCUT2D eigenvalue weighted by atomic mass is 35.5. The van der Waals surface area contributed by atoms with Gasteiger partial charge in [-0.15, -0.1) is 11.6 Å². The average Bonchev–Trinajstić information content (AvgIpc) is 2.67. The third-order valence-electron chi connectivity index (χ3n) is 5.97. The standard InChI is InChI=1S/C21H30ClNO8/c1-12-10-21(28,13(2)22)19(27)30-16-7-9-23(5)8-6-15(17(16)25)11-29-18(26)20(12,4)31-14(3)24/h6,12-13,16,28H,7-11H2,1-5H3/b15-6-/t12-,13?,16-,20-,21?/m0/s1. The van der Waals surface area contributed by atoms with Gasteiger partial charge < -0.3 is 24.2 Å². The van der Waals surface area contributed by atoms with Crippen LogP contribution in [0.15, 0.2) is 11.6 Å². The van der Waals surface area contributed by atoms with Crippen molar-refractivity contribution in [2.45, 2.75) is 63.2 Å². The number of rotatable bonds is 2. The molecule has 0 saturated carbocycles. The molecule has 2 bridgehead atoms. The number of alkyl halides is 1. The normalized spacial score (nSPS) is 36.4. The first-order valence-corrected chi connectivity index (χ1v) is 10.6. The van der Waals surface area contributed by atoms with E-state index in [9.17, 15) is 24.3 Å². The molecule has 10 heteroatoms. The van der Waals surface area contributed by atoms with Crippen molar-refractivity contribution in [2.24, 2.45) is 5.92 Å². The zero-order chi connectivity index (χ0) is 23.6. The maximum atomic E-state index is 13.0. The Morgan fingerprint density at radius 1 is 1.35 bits per heavy atom. The molecule has 9 nitrogen and oxygen atoms in total. The quantitative estimate of drug-likeness (QED) is 0.366. The molecule has 1 N–H and O–H groups in total. The number of nitrogens with zero attached hydrogens (tertiary/aromatic N) is 1. The summed E-state index contributed by atoms with van der Waals surface area (Å²) in [7, 11) is 1.83. The minimum absolute atomic E-state index is 0.151. The molecule has 5 atom stereocenters.